The van der Waals surface area contributed by atoms with Crippen LogP contribution in [0.2, 0.25) is 5.02 Å². The van der Waals surface area contributed by atoms with Crippen LogP contribution < -0.4 is 10.6 Å². The minimum absolute atomic E-state index is 0.485. The summed E-state index contributed by atoms with van der Waals surface area (Å²) in [6, 6.07) is 8.08. The maximum absolute atomic E-state index is 5.94. The molecule has 1 aromatic rings. The van der Waals surface area contributed by atoms with Crippen molar-refractivity contribution in [1.82, 2.24) is 5.32 Å². The van der Waals surface area contributed by atoms with Crippen molar-refractivity contribution in [2.24, 2.45) is 11.8 Å². The lowest BCUT2D eigenvalue weighted by molar-refractivity contribution is 0.526. The Bertz CT molecular complexity index is 500. The van der Waals surface area contributed by atoms with E-state index in [9.17, 15) is 0 Å². The second kappa shape index (κ2) is 4.90. The van der Waals surface area contributed by atoms with E-state index in [1.54, 1.807) is 0 Å². The van der Waals surface area contributed by atoms with Crippen LogP contribution in [0.15, 0.2) is 36.4 Å². The number of allylic oxidation sites excluding steroid dienone is 1. The fourth-order valence-electron chi connectivity index (χ4n) is 2.85. The molecule has 0 spiro atoms. The van der Waals surface area contributed by atoms with Crippen LogP contribution in [0.3, 0.4) is 0 Å². The summed E-state index contributed by atoms with van der Waals surface area (Å²) in [5, 5.41) is 7.98. The van der Waals surface area contributed by atoms with Gasteiger partial charge in [0.2, 0.25) is 0 Å². The number of hydrogen-bond acceptors (Lipinski definition) is 1. The van der Waals surface area contributed by atoms with Crippen molar-refractivity contribution in [3.8, 4) is 0 Å². The molecule has 2 aliphatic rings. The number of rotatable bonds is 2. The third-order valence-electron chi connectivity index (χ3n) is 3.68. The topological polar surface area (TPSA) is 24.1 Å². The van der Waals surface area contributed by atoms with Crippen LogP contribution in [0.25, 0.3) is 0 Å². The smallest absolute Gasteiger partial charge is 0.171 e. The van der Waals surface area contributed by atoms with Crippen molar-refractivity contribution < 1.29 is 0 Å². The Morgan fingerprint density at radius 2 is 2.17 bits per heavy atom. The molecule has 2 nitrogen and oxygen atoms in total. The van der Waals surface area contributed by atoms with Crippen molar-refractivity contribution in [1.29, 1.82) is 0 Å². The van der Waals surface area contributed by atoms with Gasteiger partial charge in [-0.1, -0.05) is 29.8 Å². The molecule has 0 unspecified atom stereocenters. The second-order valence-corrected chi connectivity index (χ2v) is 5.84. The molecule has 1 saturated carbocycles. The number of benzene rings is 1. The Morgan fingerprint density at radius 1 is 1.28 bits per heavy atom. The number of fused-ring (bicyclic) bond motifs is 2. The molecule has 2 N–H and O–H groups in total. The van der Waals surface area contributed by atoms with Gasteiger partial charge >= 0.3 is 0 Å². The number of halogens is 1. The molecule has 2 aliphatic carbocycles. The molecule has 94 valence electrons. The zero-order valence-corrected chi connectivity index (χ0v) is 11.5. The van der Waals surface area contributed by atoms with E-state index < -0.39 is 0 Å². The predicted molar refractivity (Wildman–Crippen MR) is 80.0 cm³/mol. The Labute approximate surface area is 117 Å². The van der Waals surface area contributed by atoms with Crippen LogP contribution in [-0.4, -0.2) is 11.2 Å². The molecule has 0 amide bonds. The van der Waals surface area contributed by atoms with Gasteiger partial charge in [-0.15, -0.1) is 0 Å². The van der Waals surface area contributed by atoms with Crippen molar-refractivity contribution >= 4 is 34.6 Å². The Hall–Kier alpha value is -1.06. The van der Waals surface area contributed by atoms with Gasteiger partial charge in [-0.3, -0.25) is 0 Å². The second-order valence-electron chi connectivity index (χ2n) is 5.00. The number of anilines is 1. The Balaban J connectivity index is 1.58. The highest BCUT2D eigenvalue weighted by molar-refractivity contribution is 7.80. The highest BCUT2D eigenvalue weighted by atomic mass is 35.5. The third-order valence-corrected chi connectivity index (χ3v) is 4.13. The summed E-state index contributed by atoms with van der Waals surface area (Å²) in [7, 11) is 0. The van der Waals surface area contributed by atoms with Gasteiger partial charge in [0, 0.05) is 16.8 Å². The lowest BCUT2D eigenvalue weighted by Gasteiger charge is -2.21. The van der Waals surface area contributed by atoms with E-state index in [0.29, 0.717) is 22.1 Å². The van der Waals surface area contributed by atoms with E-state index in [-0.39, 0.29) is 0 Å². The zero-order chi connectivity index (χ0) is 12.5. The molecule has 1 fully saturated rings. The van der Waals surface area contributed by atoms with E-state index in [2.05, 4.69) is 22.8 Å². The lowest BCUT2D eigenvalue weighted by Crippen LogP contribution is -2.40. The van der Waals surface area contributed by atoms with Crippen LogP contribution in [-0.2, 0) is 0 Å². The normalized spacial score (nSPS) is 28.4. The van der Waals surface area contributed by atoms with Crippen LogP contribution in [0.4, 0.5) is 5.69 Å². The zero-order valence-electron chi connectivity index (χ0n) is 9.90. The van der Waals surface area contributed by atoms with Crippen molar-refractivity contribution in [3.63, 3.8) is 0 Å². The van der Waals surface area contributed by atoms with Gasteiger partial charge in [0.1, 0.15) is 0 Å². The summed E-state index contributed by atoms with van der Waals surface area (Å²) < 4.78 is 0. The molecule has 0 radical (unpaired) electrons. The molecule has 0 aromatic heterocycles. The monoisotopic (exact) mass is 278 g/mol. The maximum Gasteiger partial charge on any atom is 0.171 e. The molecule has 2 bridgehead atoms. The van der Waals surface area contributed by atoms with Gasteiger partial charge in [-0.05, 0) is 55.1 Å². The van der Waals surface area contributed by atoms with E-state index >= 15 is 0 Å². The van der Waals surface area contributed by atoms with Gasteiger partial charge in [-0.25, -0.2) is 0 Å². The molecule has 3 atom stereocenters. The molecule has 4 heteroatoms. The SMILES string of the molecule is S=C(Nc1cccc(Cl)c1)N[C@@H]1C[C@@H]2C=C[C@H]1C2. The number of thiocarbonyl (C=S) groups is 1. The molecular formula is C14H15ClN2S. The van der Waals surface area contributed by atoms with E-state index in [1.165, 1.54) is 12.8 Å². The van der Waals surface area contributed by atoms with Gasteiger partial charge < -0.3 is 10.6 Å². The van der Waals surface area contributed by atoms with Crippen LogP contribution in [0.1, 0.15) is 12.8 Å². The molecule has 18 heavy (non-hydrogen) atoms. The summed E-state index contributed by atoms with van der Waals surface area (Å²) in [5.41, 5.74) is 0.929. The van der Waals surface area contributed by atoms with E-state index in [0.717, 1.165) is 11.6 Å². The summed E-state index contributed by atoms with van der Waals surface area (Å²) in [5.74, 6) is 1.40. The number of hydrogen-bond donors (Lipinski definition) is 2. The molecule has 1 aromatic carbocycles. The first-order chi connectivity index (χ1) is 8.70. The Morgan fingerprint density at radius 3 is 2.83 bits per heavy atom. The Kier molecular flexibility index (Phi) is 3.27. The molecular weight excluding hydrogens is 264 g/mol. The van der Waals surface area contributed by atoms with Crippen LogP contribution in [0, 0.1) is 11.8 Å². The summed E-state index contributed by atoms with van der Waals surface area (Å²) in [6.07, 6.45) is 7.11. The first kappa shape index (κ1) is 12.0. The fourth-order valence-corrected chi connectivity index (χ4v) is 3.31. The molecule has 3 rings (SSSR count). The van der Waals surface area contributed by atoms with Crippen molar-refractivity contribution in [2.75, 3.05) is 5.32 Å². The van der Waals surface area contributed by atoms with Crippen molar-refractivity contribution in [2.45, 2.75) is 18.9 Å². The minimum Gasteiger partial charge on any atom is -0.359 e. The van der Waals surface area contributed by atoms with Crippen LogP contribution in [0.5, 0.6) is 0 Å². The van der Waals surface area contributed by atoms with E-state index in [1.807, 2.05) is 24.3 Å². The first-order valence-corrected chi connectivity index (χ1v) is 7.01. The molecule has 0 aliphatic heterocycles. The van der Waals surface area contributed by atoms with E-state index in [4.69, 9.17) is 23.8 Å². The maximum atomic E-state index is 5.94. The lowest BCUT2D eigenvalue weighted by atomic mass is 10.0. The highest BCUT2D eigenvalue weighted by Gasteiger charge is 2.35. The van der Waals surface area contributed by atoms with Gasteiger partial charge in [-0.2, -0.15) is 0 Å². The largest absolute Gasteiger partial charge is 0.359 e. The summed E-state index contributed by atoms with van der Waals surface area (Å²) >= 11 is 11.3. The highest BCUT2D eigenvalue weighted by Crippen LogP contribution is 2.38. The quantitative estimate of drug-likeness (QED) is 0.639. The number of nitrogens with one attached hydrogen (secondary N) is 2. The average Bonchev–Trinajstić information content (AvgIpc) is 2.90. The average molecular weight is 279 g/mol. The molecule has 0 heterocycles. The predicted octanol–water partition coefficient (Wildman–Crippen LogP) is 3.59. The summed E-state index contributed by atoms with van der Waals surface area (Å²) in [6.45, 7) is 0. The first-order valence-electron chi connectivity index (χ1n) is 6.22. The van der Waals surface area contributed by atoms with Gasteiger partial charge in [0.15, 0.2) is 5.11 Å². The summed E-state index contributed by atoms with van der Waals surface area (Å²) in [4.78, 5) is 0. The standard InChI is InChI=1S/C14H15ClN2S/c15-11-2-1-3-12(8-11)16-14(18)17-13-7-9-4-5-10(13)6-9/h1-5,8-10,13H,6-7H2,(H2,16,17,18)/t9-,10+,13-/m1/s1. The fraction of sp³-hybridized carbons (Fsp3) is 0.357. The van der Waals surface area contributed by atoms with Crippen LogP contribution >= 0.6 is 23.8 Å². The van der Waals surface area contributed by atoms with Crippen molar-refractivity contribution in [3.05, 3.63) is 41.4 Å². The third kappa shape index (κ3) is 2.52. The van der Waals surface area contributed by atoms with Gasteiger partial charge in [0.05, 0.1) is 0 Å². The molecule has 0 saturated heterocycles. The minimum atomic E-state index is 0.485. The van der Waals surface area contributed by atoms with Gasteiger partial charge in [0.25, 0.3) is 0 Å².